The van der Waals surface area contributed by atoms with Gasteiger partial charge in [-0.3, -0.25) is 9.59 Å². The molecule has 1 unspecified atom stereocenters. The molecular formula is C20H22F5N5O3. The minimum Gasteiger partial charge on any atom is -0.470 e. The maximum absolute atomic E-state index is 12.9. The first-order valence-corrected chi connectivity index (χ1v) is 9.74. The summed E-state index contributed by atoms with van der Waals surface area (Å²) < 4.78 is 66.5. The molecule has 0 radical (unpaired) electrons. The van der Waals surface area contributed by atoms with Gasteiger partial charge in [0.1, 0.15) is 5.82 Å². The zero-order valence-corrected chi connectivity index (χ0v) is 17.9. The lowest BCUT2D eigenvalue weighted by molar-refractivity contribution is -0.290. The van der Waals surface area contributed by atoms with Gasteiger partial charge in [-0.15, -0.1) is 5.10 Å². The molecule has 2 N–H and O–H groups in total. The summed E-state index contributed by atoms with van der Waals surface area (Å²) in [6, 6.07) is 5.10. The Hall–Kier alpha value is -3.38. The van der Waals surface area contributed by atoms with Crippen molar-refractivity contribution < 1.29 is 36.3 Å². The van der Waals surface area contributed by atoms with E-state index in [1.54, 1.807) is 32.9 Å². The van der Waals surface area contributed by atoms with Gasteiger partial charge in [0, 0.05) is 18.2 Å². The van der Waals surface area contributed by atoms with Gasteiger partial charge in [0.2, 0.25) is 17.7 Å². The van der Waals surface area contributed by atoms with Crippen LogP contribution in [0.15, 0.2) is 30.5 Å². The summed E-state index contributed by atoms with van der Waals surface area (Å²) in [6.07, 6.45) is -4.48. The van der Waals surface area contributed by atoms with Crippen LogP contribution in [0.5, 0.6) is 5.88 Å². The summed E-state index contributed by atoms with van der Waals surface area (Å²) in [5.41, 5.74) is 0.826. The van der Waals surface area contributed by atoms with Gasteiger partial charge in [-0.05, 0) is 30.7 Å². The van der Waals surface area contributed by atoms with Crippen molar-refractivity contribution in [2.45, 2.75) is 45.3 Å². The predicted molar refractivity (Wildman–Crippen MR) is 106 cm³/mol. The van der Waals surface area contributed by atoms with Crippen LogP contribution in [0.2, 0.25) is 0 Å². The second-order valence-corrected chi connectivity index (χ2v) is 7.44. The van der Waals surface area contributed by atoms with Gasteiger partial charge in [0.05, 0.1) is 18.2 Å². The minimum absolute atomic E-state index is 0.147. The third kappa shape index (κ3) is 7.61. The molecule has 0 saturated carbocycles. The number of carbonyl (C=O) groups is 2. The molecule has 0 saturated heterocycles. The standard InChI is InChI=1S/C20H22F5N5O3/c1-11(2)18(32)28-15-8-13(6-7-26-15)12(3)27-16(31)9-14-4-5-17(30-29-14)33-10-19(21,22)20(23,24)25/h4-8,11-12H,9-10H2,1-3H3,(H,27,31)(H,26,28,32). The van der Waals surface area contributed by atoms with E-state index in [1.165, 1.54) is 12.3 Å². The number of hydrogen-bond acceptors (Lipinski definition) is 6. The molecule has 0 spiro atoms. The lowest BCUT2D eigenvalue weighted by Crippen LogP contribution is -2.41. The van der Waals surface area contributed by atoms with E-state index in [9.17, 15) is 31.5 Å². The number of pyridine rings is 1. The molecule has 180 valence electrons. The molecule has 2 rings (SSSR count). The molecule has 33 heavy (non-hydrogen) atoms. The number of nitrogens with one attached hydrogen (secondary N) is 2. The van der Waals surface area contributed by atoms with Crippen molar-refractivity contribution in [2.24, 2.45) is 5.92 Å². The Morgan fingerprint density at radius 3 is 2.33 bits per heavy atom. The number of carbonyl (C=O) groups excluding carboxylic acids is 2. The fourth-order valence-electron chi connectivity index (χ4n) is 2.36. The van der Waals surface area contributed by atoms with E-state index < -0.39 is 36.5 Å². The van der Waals surface area contributed by atoms with E-state index in [0.29, 0.717) is 11.4 Å². The van der Waals surface area contributed by atoms with Crippen molar-refractivity contribution >= 4 is 17.6 Å². The summed E-state index contributed by atoms with van der Waals surface area (Å²) in [7, 11) is 0. The van der Waals surface area contributed by atoms with Crippen molar-refractivity contribution in [3.8, 4) is 5.88 Å². The van der Waals surface area contributed by atoms with Crippen LogP contribution >= 0.6 is 0 Å². The van der Waals surface area contributed by atoms with Crippen LogP contribution < -0.4 is 15.4 Å². The van der Waals surface area contributed by atoms with Gasteiger partial charge in [0.15, 0.2) is 6.61 Å². The highest BCUT2D eigenvalue weighted by Gasteiger charge is 2.58. The zero-order chi connectivity index (χ0) is 24.8. The Bertz CT molecular complexity index is 967. The lowest BCUT2D eigenvalue weighted by atomic mass is 10.1. The van der Waals surface area contributed by atoms with Crippen molar-refractivity contribution in [3.05, 3.63) is 41.7 Å². The summed E-state index contributed by atoms with van der Waals surface area (Å²) in [5, 5.41) is 12.4. The summed E-state index contributed by atoms with van der Waals surface area (Å²) in [6.45, 7) is 3.25. The Morgan fingerprint density at radius 1 is 1.06 bits per heavy atom. The Morgan fingerprint density at radius 2 is 1.76 bits per heavy atom. The monoisotopic (exact) mass is 475 g/mol. The summed E-state index contributed by atoms with van der Waals surface area (Å²) in [4.78, 5) is 28.1. The normalized spacial score (nSPS) is 12.9. The number of amides is 2. The molecule has 0 bridgehead atoms. The Labute approximate surface area is 185 Å². The molecule has 8 nitrogen and oxygen atoms in total. The van der Waals surface area contributed by atoms with E-state index in [-0.39, 0.29) is 23.9 Å². The van der Waals surface area contributed by atoms with E-state index in [1.807, 2.05) is 0 Å². The Balaban J connectivity index is 1.91. The average molecular weight is 475 g/mol. The number of hydrogen-bond donors (Lipinski definition) is 2. The quantitative estimate of drug-likeness (QED) is 0.538. The second kappa shape index (κ2) is 10.5. The number of anilines is 1. The smallest absolute Gasteiger partial charge is 0.456 e. The minimum atomic E-state index is -5.75. The molecule has 0 aromatic carbocycles. The fraction of sp³-hybridized carbons (Fsp3) is 0.450. The summed E-state index contributed by atoms with van der Waals surface area (Å²) in [5.74, 6) is -6.11. The van der Waals surface area contributed by atoms with Crippen LogP contribution in [0.25, 0.3) is 0 Å². The third-order valence-electron chi connectivity index (χ3n) is 4.29. The molecule has 2 aromatic heterocycles. The molecule has 0 aliphatic rings. The maximum atomic E-state index is 12.9. The number of nitrogens with zero attached hydrogens (tertiary/aromatic N) is 3. The van der Waals surface area contributed by atoms with Gasteiger partial charge in [-0.1, -0.05) is 13.8 Å². The predicted octanol–water partition coefficient (Wildman–Crippen LogP) is 3.46. The topological polar surface area (TPSA) is 106 Å². The largest absolute Gasteiger partial charge is 0.470 e. The molecule has 2 aromatic rings. The highest BCUT2D eigenvalue weighted by Crippen LogP contribution is 2.35. The molecular weight excluding hydrogens is 453 g/mol. The highest BCUT2D eigenvalue weighted by atomic mass is 19.4. The van der Waals surface area contributed by atoms with Crippen LogP contribution in [0.3, 0.4) is 0 Å². The SMILES string of the molecule is CC(C)C(=O)Nc1cc(C(C)NC(=O)Cc2ccc(OCC(F)(F)C(F)(F)F)nn2)ccn1. The van der Waals surface area contributed by atoms with Crippen LogP contribution in [-0.4, -0.2) is 45.7 Å². The van der Waals surface area contributed by atoms with Crippen molar-refractivity contribution in [2.75, 3.05) is 11.9 Å². The first-order valence-electron chi connectivity index (χ1n) is 9.74. The summed E-state index contributed by atoms with van der Waals surface area (Å²) >= 11 is 0. The first-order chi connectivity index (χ1) is 15.3. The second-order valence-electron chi connectivity index (χ2n) is 7.44. The van der Waals surface area contributed by atoms with E-state index >= 15 is 0 Å². The van der Waals surface area contributed by atoms with Gasteiger partial charge >= 0.3 is 12.1 Å². The number of halogens is 5. The molecule has 0 fully saturated rings. The van der Waals surface area contributed by atoms with Crippen LogP contribution in [0.4, 0.5) is 27.8 Å². The van der Waals surface area contributed by atoms with Crippen LogP contribution in [-0.2, 0) is 16.0 Å². The highest BCUT2D eigenvalue weighted by molar-refractivity contribution is 5.91. The molecule has 0 aliphatic heterocycles. The van der Waals surface area contributed by atoms with E-state index in [4.69, 9.17) is 0 Å². The van der Waals surface area contributed by atoms with E-state index in [0.717, 1.165) is 6.07 Å². The number of rotatable bonds is 9. The maximum Gasteiger partial charge on any atom is 0.456 e. The zero-order valence-electron chi connectivity index (χ0n) is 17.9. The molecule has 2 heterocycles. The van der Waals surface area contributed by atoms with Crippen molar-refractivity contribution in [1.29, 1.82) is 0 Å². The number of ether oxygens (including phenoxy) is 1. The van der Waals surface area contributed by atoms with E-state index in [2.05, 4.69) is 30.6 Å². The van der Waals surface area contributed by atoms with Gasteiger partial charge < -0.3 is 15.4 Å². The molecule has 1 atom stereocenters. The number of alkyl halides is 5. The first kappa shape index (κ1) is 25.9. The third-order valence-corrected chi connectivity index (χ3v) is 4.29. The molecule has 13 heteroatoms. The molecule has 2 amide bonds. The van der Waals surface area contributed by atoms with Gasteiger partial charge in [-0.2, -0.15) is 27.1 Å². The van der Waals surface area contributed by atoms with Gasteiger partial charge in [0.25, 0.3) is 0 Å². The van der Waals surface area contributed by atoms with Crippen molar-refractivity contribution in [1.82, 2.24) is 20.5 Å². The Kier molecular flexibility index (Phi) is 8.23. The molecule has 0 aliphatic carbocycles. The number of aromatic nitrogens is 3. The fourth-order valence-corrected chi connectivity index (χ4v) is 2.36. The lowest BCUT2D eigenvalue weighted by Gasteiger charge is -2.19. The van der Waals surface area contributed by atoms with Gasteiger partial charge in [-0.25, -0.2) is 4.98 Å². The van der Waals surface area contributed by atoms with Crippen molar-refractivity contribution in [3.63, 3.8) is 0 Å². The van der Waals surface area contributed by atoms with Crippen LogP contribution in [0, 0.1) is 5.92 Å². The van der Waals surface area contributed by atoms with Crippen LogP contribution in [0.1, 0.15) is 38.1 Å². The average Bonchev–Trinajstić information content (AvgIpc) is 2.72.